The number of aromatic nitrogens is 3. The number of nitrogens with one attached hydrogen (secondary N) is 1. The second-order valence-electron chi connectivity index (χ2n) is 8.54. The standard InChI is InChI=1S/C26H38N4O3S/c1-5-8-10-11-17-32-21-14-12-20(13-15-21)23-22(24(31)33-16-9-6-2)19(4)27-25-28-26(29-30(23)25)34-18-7-3/h12-15,23H,5-11,16-18H2,1-4H3,(H,27,28,29). The average Bonchev–Trinajstić information content (AvgIpc) is 3.24. The number of hydrogen-bond acceptors (Lipinski definition) is 7. The summed E-state index contributed by atoms with van der Waals surface area (Å²) in [5.41, 5.74) is 2.25. The number of ether oxygens (including phenoxy) is 2. The van der Waals surface area contributed by atoms with E-state index < -0.39 is 6.04 Å². The fraction of sp³-hybridized carbons (Fsp3) is 0.577. The van der Waals surface area contributed by atoms with Gasteiger partial charge < -0.3 is 14.8 Å². The van der Waals surface area contributed by atoms with Gasteiger partial charge in [0, 0.05) is 11.4 Å². The number of rotatable bonds is 14. The molecule has 1 aromatic carbocycles. The van der Waals surface area contributed by atoms with E-state index in [0.29, 0.717) is 29.9 Å². The number of nitrogens with zero attached hydrogens (tertiary/aromatic N) is 3. The SMILES string of the molecule is CCCCCCOc1ccc(C2C(C(=O)OCCCC)=C(C)Nc3nc(SCCC)nn32)cc1. The van der Waals surface area contributed by atoms with Gasteiger partial charge in [0.2, 0.25) is 11.1 Å². The largest absolute Gasteiger partial charge is 0.494 e. The van der Waals surface area contributed by atoms with Gasteiger partial charge in [-0.05, 0) is 43.9 Å². The second-order valence-corrected chi connectivity index (χ2v) is 9.61. The van der Waals surface area contributed by atoms with Gasteiger partial charge in [-0.25, -0.2) is 9.48 Å². The highest BCUT2D eigenvalue weighted by molar-refractivity contribution is 7.99. The number of thioether (sulfide) groups is 1. The fourth-order valence-electron chi connectivity index (χ4n) is 3.81. The average molecular weight is 487 g/mol. The molecule has 1 aliphatic heterocycles. The van der Waals surface area contributed by atoms with E-state index in [4.69, 9.17) is 14.6 Å². The molecule has 2 aromatic rings. The maximum absolute atomic E-state index is 13.1. The first-order valence-corrected chi connectivity index (χ1v) is 13.5. The van der Waals surface area contributed by atoms with Crippen molar-refractivity contribution < 1.29 is 14.3 Å². The molecule has 1 N–H and O–H groups in total. The minimum atomic E-state index is -0.410. The van der Waals surface area contributed by atoms with E-state index in [2.05, 4.69) is 31.1 Å². The summed E-state index contributed by atoms with van der Waals surface area (Å²) < 4.78 is 13.3. The molecule has 8 heteroatoms. The Morgan fingerprint density at radius 1 is 1.03 bits per heavy atom. The van der Waals surface area contributed by atoms with Crippen LogP contribution in [0.5, 0.6) is 5.75 Å². The number of fused-ring (bicyclic) bond motifs is 1. The van der Waals surface area contributed by atoms with Gasteiger partial charge in [-0.2, -0.15) is 4.98 Å². The Balaban J connectivity index is 1.85. The van der Waals surface area contributed by atoms with Gasteiger partial charge >= 0.3 is 5.97 Å². The first kappa shape index (κ1) is 26.1. The third-order valence-corrected chi connectivity index (χ3v) is 6.73. The van der Waals surface area contributed by atoms with E-state index in [-0.39, 0.29) is 5.97 Å². The van der Waals surface area contributed by atoms with Crippen molar-refractivity contribution in [1.82, 2.24) is 14.8 Å². The normalized spacial score (nSPS) is 15.1. The monoisotopic (exact) mass is 486 g/mol. The summed E-state index contributed by atoms with van der Waals surface area (Å²) in [7, 11) is 0. The number of anilines is 1. The van der Waals surface area contributed by atoms with E-state index in [0.717, 1.165) is 48.4 Å². The van der Waals surface area contributed by atoms with Gasteiger partial charge in [0.15, 0.2) is 0 Å². The molecular formula is C26H38N4O3S. The molecule has 0 radical (unpaired) electrons. The molecule has 0 amide bonds. The molecule has 1 atom stereocenters. The number of carbonyl (C=O) groups excluding carboxylic acids is 1. The Kier molecular flexibility index (Phi) is 10.3. The highest BCUT2D eigenvalue weighted by atomic mass is 32.2. The molecule has 7 nitrogen and oxygen atoms in total. The number of allylic oxidation sites excluding steroid dienone is 1. The van der Waals surface area contributed by atoms with Crippen LogP contribution in [0.1, 0.15) is 84.2 Å². The van der Waals surface area contributed by atoms with Gasteiger partial charge in [0.1, 0.15) is 11.8 Å². The van der Waals surface area contributed by atoms with E-state index >= 15 is 0 Å². The third kappa shape index (κ3) is 6.78. The highest BCUT2D eigenvalue weighted by Gasteiger charge is 2.35. The molecule has 3 rings (SSSR count). The molecule has 0 saturated heterocycles. The Labute approximate surface area is 207 Å². The minimum Gasteiger partial charge on any atom is -0.494 e. The maximum Gasteiger partial charge on any atom is 0.338 e. The lowest BCUT2D eigenvalue weighted by atomic mass is 9.96. The van der Waals surface area contributed by atoms with Crippen LogP contribution in [0.15, 0.2) is 40.7 Å². The predicted octanol–water partition coefficient (Wildman–Crippen LogP) is 6.37. The fourth-order valence-corrected chi connectivity index (χ4v) is 4.49. The Morgan fingerprint density at radius 2 is 1.79 bits per heavy atom. The molecule has 0 fully saturated rings. The molecule has 0 bridgehead atoms. The van der Waals surface area contributed by atoms with E-state index in [1.54, 1.807) is 11.8 Å². The van der Waals surface area contributed by atoms with Crippen LogP contribution in [0.2, 0.25) is 0 Å². The molecule has 0 spiro atoms. The zero-order valence-corrected chi connectivity index (χ0v) is 21.7. The van der Waals surface area contributed by atoms with Gasteiger partial charge in [-0.15, -0.1) is 5.10 Å². The maximum atomic E-state index is 13.1. The van der Waals surface area contributed by atoms with Crippen molar-refractivity contribution >= 4 is 23.7 Å². The summed E-state index contributed by atoms with van der Waals surface area (Å²) in [6, 6.07) is 7.54. The molecule has 34 heavy (non-hydrogen) atoms. The molecule has 1 unspecified atom stereocenters. The molecule has 1 aliphatic rings. The van der Waals surface area contributed by atoms with Crippen LogP contribution >= 0.6 is 11.8 Å². The van der Waals surface area contributed by atoms with Crippen LogP contribution < -0.4 is 10.1 Å². The van der Waals surface area contributed by atoms with Crippen molar-refractivity contribution in [3.63, 3.8) is 0 Å². The van der Waals surface area contributed by atoms with E-state index in [9.17, 15) is 4.79 Å². The van der Waals surface area contributed by atoms with Gasteiger partial charge in [-0.1, -0.05) is 70.3 Å². The van der Waals surface area contributed by atoms with E-state index in [1.165, 1.54) is 19.3 Å². The number of unbranched alkanes of at least 4 members (excludes halogenated alkanes) is 4. The van der Waals surface area contributed by atoms with E-state index in [1.807, 2.05) is 35.9 Å². The zero-order valence-electron chi connectivity index (χ0n) is 20.9. The molecule has 1 aromatic heterocycles. The first-order valence-electron chi connectivity index (χ1n) is 12.6. The quantitative estimate of drug-likeness (QED) is 0.189. The van der Waals surface area contributed by atoms with Crippen LogP contribution in [-0.2, 0) is 9.53 Å². The summed E-state index contributed by atoms with van der Waals surface area (Å²) in [6.45, 7) is 9.43. The van der Waals surface area contributed by atoms with Crippen LogP contribution in [0.25, 0.3) is 0 Å². The summed E-state index contributed by atoms with van der Waals surface area (Å²) in [6.07, 6.45) is 7.54. The summed E-state index contributed by atoms with van der Waals surface area (Å²) >= 11 is 1.62. The molecule has 0 saturated carbocycles. The highest BCUT2D eigenvalue weighted by Crippen LogP contribution is 2.37. The smallest absolute Gasteiger partial charge is 0.338 e. The zero-order chi connectivity index (χ0) is 24.3. The molecule has 2 heterocycles. The van der Waals surface area contributed by atoms with Crippen LogP contribution in [0.3, 0.4) is 0 Å². The lowest BCUT2D eigenvalue weighted by molar-refractivity contribution is -0.139. The number of hydrogen-bond donors (Lipinski definition) is 1. The first-order chi connectivity index (χ1) is 16.6. The van der Waals surface area contributed by atoms with Gasteiger partial charge in [-0.3, -0.25) is 0 Å². The van der Waals surface area contributed by atoms with Crippen LogP contribution in [-0.4, -0.2) is 39.7 Å². The van der Waals surface area contributed by atoms with Crippen molar-refractivity contribution in [3.8, 4) is 5.75 Å². The number of benzene rings is 1. The van der Waals surface area contributed by atoms with Crippen molar-refractivity contribution in [2.45, 2.75) is 83.8 Å². The van der Waals surface area contributed by atoms with Crippen LogP contribution in [0, 0.1) is 0 Å². The molecule has 0 aliphatic carbocycles. The number of carbonyl (C=O) groups is 1. The van der Waals surface area contributed by atoms with Gasteiger partial charge in [0.05, 0.1) is 18.8 Å². The number of esters is 1. The van der Waals surface area contributed by atoms with Crippen molar-refractivity contribution in [2.75, 3.05) is 24.3 Å². The Bertz CT molecular complexity index is 955. The topological polar surface area (TPSA) is 78.3 Å². The summed E-state index contributed by atoms with van der Waals surface area (Å²) in [5.74, 6) is 2.10. The van der Waals surface area contributed by atoms with Crippen molar-refractivity contribution in [1.29, 1.82) is 0 Å². The van der Waals surface area contributed by atoms with Crippen molar-refractivity contribution in [2.24, 2.45) is 0 Å². The summed E-state index contributed by atoms with van der Waals surface area (Å²) in [5, 5.41) is 8.71. The van der Waals surface area contributed by atoms with Crippen molar-refractivity contribution in [3.05, 3.63) is 41.1 Å². The second kappa shape index (κ2) is 13.4. The predicted molar refractivity (Wildman–Crippen MR) is 137 cm³/mol. The Hall–Kier alpha value is -2.48. The molecule has 186 valence electrons. The minimum absolute atomic E-state index is 0.316. The lowest BCUT2D eigenvalue weighted by Gasteiger charge is -2.28. The third-order valence-electron chi connectivity index (χ3n) is 5.68. The summed E-state index contributed by atoms with van der Waals surface area (Å²) in [4.78, 5) is 17.8. The lowest BCUT2D eigenvalue weighted by Crippen LogP contribution is -2.29. The molecular weight excluding hydrogens is 448 g/mol. The van der Waals surface area contributed by atoms with Crippen LogP contribution in [0.4, 0.5) is 5.95 Å². The Morgan fingerprint density at radius 3 is 2.50 bits per heavy atom. The van der Waals surface area contributed by atoms with Gasteiger partial charge in [0.25, 0.3) is 0 Å².